The first-order chi connectivity index (χ1) is 6.76. The van der Waals surface area contributed by atoms with E-state index in [0.29, 0.717) is 0 Å². The van der Waals surface area contributed by atoms with Gasteiger partial charge in [0.25, 0.3) is 0 Å². The fourth-order valence-electron chi connectivity index (χ4n) is 1.37. The molecule has 0 aliphatic rings. The number of rotatable bonds is 2. The van der Waals surface area contributed by atoms with Crippen molar-refractivity contribution in [2.45, 2.75) is 11.9 Å². The topological polar surface area (TPSA) is 20.2 Å². The smallest absolute Gasteiger partial charge is 0.0696 e. The van der Waals surface area contributed by atoms with Crippen LogP contribution in [0.25, 0.3) is 10.1 Å². The second-order valence-corrected chi connectivity index (χ2v) is 5.32. The minimum Gasteiger partial charge on any atom is -0.392 e. The fourth-order valence-corrected chi connectivity index (χ4v) is 3.69. The van der Waals surface area contributed by atoms with Crippen LogP contribution in [0.15, 0.2) is 22.0 Å². The van der Waals surface area contributed by atoms with Crippen LogP contribution in [0.5, 0.6) is 0 Å². The zero-order valence-corrected chi connectivity index (χ0v) is 11.2. The molecule has 4 heteroatoms. The van der Waals surface area contributed by atoms with Gasteiger partial charge in [0.1, 0.15) is 0 Å². The van der Waals surface area contributed by atoms with Gasteiger partial charge in [-0.1, -0.05) is 31.9 Å². The van der Waals surface area contributed by atoms with Crippen LogP contribution in [-0.2, 0) is 11.9 Å². The quantitative estimate of drug-likeness (QED) is 0.821. The third-order valence-electron chi connectivity index (χ3n) is 2.14. The van der Waals surface area contributed by atoms with Gasteiger partial charge in [-0.3, -0.25) is 0 Å². The van der Waals surface area contributed by atoms with E-state index in [1.54, 1.807) is 11.3 Å². The van der Waals surface area contributed by atoms with Crippen LogP contribution in [0.1, 0.15) is 11.1 Å². The van der Waals surface area contributed by atoms with Gasteiger partial charge in [-0.05, 0) is 34.0 Å². The van der Waals surface area contributed by atoms with Gasteiger partial charge in [-0.15, -0.1) is 11.3 Å². The Morgan fingerprint density at radius 3 is 2.71 bits per heavy atom. The Bertz CT molecular complexity index is 464. The molecule has 1 aromatic carbocycles. The number of hydrogen-bond donors (Lipinski definition) is 1. The third-order valence-corrected chi connectivity index (χ3v) is 4.47. The molecule has 2 rings (SSSR count). The van der Waals surface area contributed by atoms with Crippen molar-refractivity contribution >= 4 is 53.3 Å². The van der Waals surface area contributed by atoms with Crippen LogP contribution >= 0.6 is 43.2 Å². The van der Waals surface area contributed by atoms with Gasteiger partial charge < -0.3 is 5.11 Å². The molecule has 0 amide bonds. The van der Waals surface area contributed by atoms with Gasteiger partial charge in [0.15, 0.2) is 0 Å². The Kier molecular flexibility index (Phi) is 3.27. The molecule has 14 heavy (non-hydrogen) atoms. The second kappa shape index (κ2) is 4.31. The number of hydrogen-bond acceptors (Lipinski definition) is 2. The summed E-state index contributed by atoms with van der Waals surface area (Å²) >= 11 is 8.64. The highest BCUT2D eigenvalue weighted by atomic mass is 79.9. The average Bonchev–Trinajstić information content (AvgIpc) is 2.58. The van der Waals surface area contributed by atoms with Crippen molar-refractivity contribution < 1.29 is 5.11 Å². The van der Waals surface area contributed by atoms with Crippen LogP contribution in [0.2, 0.25) is 0 Å². The van der Waals surface area contributed by atoms with E-state index in [-0.39, 0.29) is 6.61 Å². The molecular weight excluding hydrogens is 328 g/mol. The zero-order chi connectivity index (χ0) is 10.1. The van der Waals surface area contributed by atoms with Crippen LogP contribution in [0.3, 0.4) is 0 Å². The number of benzene rings is 1. The molecule has 0 aliphatic heterocycles. The molecule has 0 radical (unpaired) electrons. The molecule has 2 aromatic rings. The lowest BCUT2D eigenvalue weighted by molar-refractivity contribution is 0.284. The first kappa shape index (κ1) is 10.6. The van der Waals surface area contributed by atoms with Gasteiger partial charge in [-0.25, -0.2) is 0 Å². The number of thiophene rings is 1. The van der Waals surface area contributed by atoms with Crippen LogP contribution in [0.4, 0.5) is 0 Å². The lowest BCUT2D eigenvalue weighted by Crippen LogP contribution is -1.82. The van der Waals surface area contributed by atoms with E-state index in [2.05, 4.69) is 44.0 Å². The van der Waals surface area contributed by atoms with E-state index in [4.69, 9.17) is 5.11 Å². The van der Waals surface area contributed by atoms with Crippen molar-refractivity contribution in [3.05, 3.63) is 33.1 Å². The molecule has 1 N–H and O–H groups in total. The Morgan fingerprint density at radius 2 is 2.07 bits per heavy atom. The summed E-state index contributed by atoms with van der Waals surface area (Å²) in [6.45, 7) is 0.111. The highest BCUT2D eigenvalue weighted by molar-refractivity contribution is 9.10. The van der Waals surface area contributed by atoms with E-state index in [9.17, 15) is 0 Å². The first-order valence-electron chi connectivity index (χ1n) is 4.11. The van der Waals surface area contributed by atoms with E-state index in [1.807, 2.05) is 5.38 Å². The van der Waals surface area contributed by atoms with Crippen molar-refractivity contribution in [2.24, 2.45) is 0 Å². The number of alkyl halides is 1. The van der Waals surface area contributed by atoms with Gasteiger partial charge in [0, 0.05) is 14.5 Å². The standard InChI is InChI=1S/C10H8Br2OS/c11-3-6-1-10-8(2-9(6)12)7(4-13)5-14-10/h1-2,5,13H,3-4H2. The van der Waals surface area contributed by atoms with Crippen LogP contribution in [0, 0.1) is 0 Å². The molecule has 1 nitrogen and oxygen atoms in total. The van der Waals surface area contributed by atoms with Crippen molar-refractivity contribution in [3.63, 3.8) is 0 Å². The SMILES string of the molecule is OCc1csc2cc(CBr)c(Br)cc12. The molecule has 0 saturated carbocycles. The number of aliphatic hydroxyl groups is 1. The Labute approximate surface area is 103 Å². The van der Waals surface area contributed by atoms with Crippen molar-refractivity contribution in [2.75, 3.05) is 0 Å². The molecule has 1 heterocycles. The monoisotopic (exact) mass is 334 g/mol. The fraction of sp³-hybridized carbons (Fsp3) is 0.200. The van der Waals surface area contributed by atoms with E-state index in [0.717, 1.165) is 20.8 Å². The average molecular weight is 336 g/mol. The number of halogens is 2. The van der Waals surface area contributed by atoms with E-state index >= 15 is 0 Å². The highest BCUT2D eigenvalue weighted by Crippen LogP contribution is 2.32. The largest absolute Gasteiger partial charge is 0.392 e. The Balaban J connectivity index is 2.69. The maximum absolute atomic E-state index is 9.12. The minimum atomic E-state index is 0.111. The van der Waals surface area contributed by atoms with Crippen molar-refractivity contribution in [1.29, 1.82) is 0 Å². The normalized spacial score (nSPS) is 11.1. The summed E-state index contributed by atoms with van der Waals surface area (Å²) in [6.07, 6.45) is 0. The molecule has 1 aromatic heterocycles. The zero-order valence-electron chi connectivity index (χ0n) is 7.26. The minimum absolute atomic E-state index is 0.111. The van der Waals surface area contributed by atoms with E-state index < -0.39 is 0 Å². The van der Waals surface area contributed by atoms with Crippen LogP contribution in [-0.4, -0.2) is 5.11 Å². The number of fused-ring (bicyclic) bond motifs is 1. The summed E-state index contributed by atoms with van der Waals surface area (Å²) in [7, 11) is 0. The molecule has 0 spiro atoms. The van der Waals surface area contributed by atoms with Gasteiger partial charge in [0.2, 0.25) is 0 Å². The maximum Gasteiger partial charge on any atom is 0.0696 e. The summed E-state index contributed by atoms with van der Waals surface area (Å²) in [4.78, 5) is 0. The maximum atomic E-state index is 9.12. The molecular formula is C10H8Br2OS. The third kappa shape index (κ3) is 1.76. The van der Waals surface area contributed by atoms with Gasteiger partial charge in [0.05, 0.1) is 6.61 Å². The van der Waals surface area contributed by atoms with Crippen molar-refractivity contribution in [3.8, 4) is 0 Å². The predicted octanol–water partition coefficient (Wildman–Crippen LogP) is 4.05. The molecule has 0 aliphatic carbocycles. The van der Waals surface area contributed by atoms with E-state index in [1.165, 1.54) is 10.3 Å². The Hall–Kier alpha value is 0.1000. The summed E-state index contributed by atoms with van der Waals surface area (Å²) in [5, 5.41) is 13.1. The van der Waals surface area contributed by atoms with Gasteiger partial charge in [-0.2, -0.15) is 0 Å². The first-order valence-corrected chi connectivity index (χ1v) is 6.91. The summed E-state index contributed by atoms with van der Waals surface area (Å²) in [5.74, 6) is 0. The lowest BCUT2D eigenvalue weighted by atomic mass is 10.1. The predicted molar refractivity (Wildman–Crippen MR) is 68.1 cm³/mol. The molecule has 0 saturated heterocycles. The summed E-state index contributed by atoms with van der Waals surface area (Å²) in [6, 6.07) is 4.23. The summed E-state index contributed by atoms with van der Waals surface area (Å²) in [5.41, 5.74) is 2.25. The second-order valence-electron chi connectivity index (χ2n) is 2.99. The molecule has 74 valence electrons. The lowest BCUT2D eigenvalue weighted by Gasteiger charge is -2.01. The number of aliphatic hydroxyl groups excluding tert-OH is 1. The Morgan fingerprint density at radius 1 is 1.29 bits per heavy atom. The summed E-state index contributed by atoms with van der Waals surface area (Å²) < 4.78 is 2.32. The van der Waals surface area contributed by atoms with Crippen molar-refractivity contribution in [1.82, 2.24) is 0 Å². The molecule has 0 atom stereocenters. The van der Waals surface area contributed by atoms with Gasteiger partial charge >= 0.3 is 0 Å². The molecule has 0 bridgehead atoms. The van der Waals surface area contributed by atoms with Crippen LogP contribution < -0.4 is 0 Å². The molecule has 0 unspecified atom stereocenters. The highest BCUT2D eigenvalue weighted by Gasteiger charge is 2.06. The molecule has 0 fully saturated rings.